The van der Waals surface area contributed by atoms with E-state index in [9.17, 15) is 0 Å². The van der Waals surface area contributed by atoms with Gasteiger partial charge in [0, 0.05) is 12.1 Å². The van der Waals surface area contributed by atoms with Gasteiger partial charge in [0.05, 0.1) is 0 Å². The Kier molecular flexibility index (Phi) is 6.06. The Labute approximate surface area is 146 Å². The van der Waals surface area contributed by atoms with Gasteiger partial charge in [-0.2, -0.15) is 0 Å². The molecule has 2 nitrogen and oxygen atoms in total. The maximum absolute atomic E-state index is 3.85. The van der Waals surface area contributed by atoms with Gasteiger partial charge in [0.2, 0.25) is 0 Å². The van der Waals surface area contributed by atoms with E-state index in [4.69, 9.17) is 0 Å². The molecular formula is C22H30N2. The summed E-state index contributed by atoms with van der Waals surface area (Å²) < 4.78 is 0. The molecule has 1 heterocycles. The molecule has 0 amide bonds. The first-order valence-corrected chi connectivity index (χ1v) is 9.27. The second-order valence-electron chi connectivity index (χ2n) is 7.39. The lowest BCUT2D eigenvalue weighted by molar-refractivity contribution is 0.284. The quantitative estimate of drug-likeness (QED) is 0.813. The fourth-order valence-corrected chi connectivity index (χ4v) is 3.99. The van der Waals surface area contributed by atoms with E-state index >= 15 is 0 Å². The predicted molar refractivity (Wildman–Crippen MR) is 102 cm³/mol. The predicted octanol–water partition coefficient (Wildman–Crippen LogP) is 3.67. The summed E-state index contributed by atoms with van der Waals surface area (Å²) in [7, 11) is 0. The van der Waals surface area contributed by atoms with Crippen molar-refractivity contribution in [1.82, 2.24) is 10.6 Å². The van der Waals surface area contributed by atoms with Crippen molar-refractivity contribution >= 4 is 0 Å². The maximum atomic E-state index is 3.85. The highest BCUT2D eigenvalue weighted by Crippen LogP contribution is 2.26. The molecular weight excluding hydrogens is 292 g/mol. The number of hydrogen-bond donors (Lipinski definition) is 2. The Balaban J connectivity index is 1.72. The Morgan fingerprint density at radius 3 is 2.17 bits per heavy atom. The van der Waals surface area contributed by atoms with Gasteiger partial charge < -0.3 is 10.6 Å². The van der Waals surface area contributed by atoms with Crippen molar-refractivity contribution in [2.45, 2.75) is 38.8 Å². The Morgan fingerprint density at radius 1 is 0.917 bits per heavy atom. The van der Waals surface area contributed by atoms with Crippen LogP contribution < -0.4 is 10.6 Å². The second kappa shape index (κ2) is 8.46. The summed E-state index contributed by atoms with van der Waals surface area (Å²) in [5.74, 6) is 1.38. The van der Waals surface area contributed by atoms with Crippen molar-refractivity contribution in [1.29, 1.82) is 0 Å². The minimum absolute atomic E-state index is 0.511. The Morgan fingerprint density at radius 2 is 1.54 bits per heavy atom. The van der Waals surface area contributed by atoms with Crippen molar-refractivity contribution in [3.8, 4) is 0 Å². The molecule has 0 radical (unpaired) electrons. The normalized spacial score (nSPS) is 22.0. The summed E-state index contributed by atoms with van der Waals surface area (Å²) >= 11 is 0. The van der Waals surface area contributed by atoms with Gasteiger partial charge >= 0.3 is 0 Å². The lowest BCUT2D eigenvalue weighted by atomic mass is 9.82. The standard InChI is InChI=1S/C22H30N2/c1-17(2)24-22(14-19-11-7-4-8-12-19)21-16-23-15-20(21)13-18-9-5-3-6-10-18/h3-12,17,20-24H,13-16H2,1-2H3/t20-,21-,22?/m1/s1. The second-order valence-corrected chi connectivity index (χ2v) is 7.39. The Bertz CT molecular complexity index is 594. The van der Waals surface area contributed by atoms with Crippen LogP contribution >= 0.6 is 0 Å². The van der Waals surface area contributed by atoms with Gasteiger partial charge in [0.25, 0.3) is 0 Å². The SMILES string of the molecule is CC(C)NC(Cc1ccccc1)[C@@H]1CNC[C@H]1Cc1ccccc1. The summed E-state index contributed by atoms with van der Waals surface area (Å²) in [4.78, 5) is 0. The number of nitrogens with one attached hydrogen (secondary N) is 2. The third-order valence-electron chi connectivity index (χ3n) is 5.10. The van der Waals surface area contributed by atoms with Gasteiger partial charge in [0.15, 0.2) is 0 Å². The largest absolute Gasteiger partial charge is 0.316 e. The molecule has 128 valence electrons. The highest BCUT2D eigenvalue weighted by molar-refractivity contribution is 5.18. The molecule has 1 aliphatic heterocycles. The molecule has 1 fully saturated rings. The summed E-state index contributed by atoms with van der Waals surface area (Å²) in [6, 6.07) is 22.9. The van der Waals surface area contributed by atoms with E-state index in [1.54, 1.807) is 0 Å². The fourth-order valence-electron chi connectivity index (χ4n) is 3.99. The fraction of sp³-hybridized carbons (Fsp3) is 0.455. The van der Waals surface area contributed by atoms with Gasteiger partial charge in [-0.25, -0.2) is 0 Å². The lowest BCUT2D eigenvalue weighted by Gasteiger charge is -2.31. The van der Waals surface area contributed by atoms with Crippen LogP contribution in [-0.2, 0) is 12.8 Å². The van der Waals surface area contributed by atoms with Gasteiger partial charge in [-0.1, -0.05) is 74.5 Å². The Hall–Kier alpha value is -1.64. The average Bonchev–Trinajstić information content (AvgIpc) is 3.04. The van der Waals surface area contributed by atoms with E-state index in [-0.39, 0.29) is 0 Å². The van der Waals surface area contributed by atoms with Crippen LogP contribution in [0.4, 0.5) is 0 Å². The van der Waals surface area contributed by atoms with E-state index in [1.165, 1.54) is 17.5 Å². The highest BCUT2D eigenvalue weighted by Gasteiger charge is 2.33. The first kappa shape index (κ1) is 17.2. The number of hydrogen-bond acceptors (Lipinski definition) is 2. The van der Waals surface area contributed by atoms with Crippen molar-refractivity contribution in [2.24, 2.45) is 11.8 Å². The van der Waals surface area contributed by atoms with Crippen LogP contribution in [0.5, 0.6) is 0 Å². The minimum atomic E-state index is 0.511. The van der Waals surface area contributed by atoms with Gasteiger partial charge in [-0.3, -0.25) is 0 Å². The molecule has 2 heteroatoms. The van der Waals surface area contributed by atoms with Crippen LogP contribution in [0.2, 0.25) is 0 Å². The first-order valence-electron chi connectivity index (χ1n) is 9.27. The summed E-state index contributed by atoms with van der Waals surface area (Å²) in [5, 5.41) is 7.49. The van der Waals surface area contributed by atoms with Crippen molar-refractivity contribution in [3.63, 3.8) is 0 Å². The van der Waals surface area contributed by atoms with Crippen molar-refractivity contribution in [2.75, 3.05) is 13.1 Å². The molecule has 0 saturated carbocycles. The number of benzene rings is 2. The van der Waals surface area contributed by atoms with E-state index in [0.717, 1.165) is 19.5 Å². The molecule has 2 aromatic rings. The average molecular weight is 322 g/mol. The van der Waals surface area contributed by atoms with E-state index in [2.05, 4.69) is 85.1 Å². The molecule has 24 heavy (non-hydrogen) atoms. The van der Waals surface area contributed by atoms with Gasteiger partial charge in [-0.15, -0.1) is 0 Å². The smallest absolute Gasteiger partial charge is 0.0153 e. The zero-order valence-electron chi connectivity index (χ0n) is 14.9. The molecule has 2 aromatic carbocycles. The maximum Gasteiger partial charge on any atom is 0.0153 e. The molecule has 3 rings (SSSR count). The van der Waals surface area contributed by atoms with Crippen LogP contribution in [0.1, 0.15) is 25.0 Å². The molecule has 1 aliphatic rings. The van der Waals surface area contributed by atoms with E-state index in [1.807, 2.05) is 0 Å². The molecule has 2 N–H and O–H groups in total. The first-order chi connectivity index (χ1) is 11.7. The van der Waals surface area contributed by atoms with Crippen molar-refractivity contribution in [3.05, 3.63) is 71.8 Å². The zero-order valence-corrected chi connectivity index (χ0v) is 14.9. The lowest BCUT2D eigenvalue weighted by Crippen LogP contribution is -2.45. The molecule has 3 atom stereocenters. The molecule has 0 spiro atoms. The van der Waals surface area contributed by atoms with Crippen LogP contribution in [0.25, 0.3) is 0 Å². The molecule has 1 saturated heterocycles. The van der Waals surface area contributed by atoms with Crippen molar-refractivity contribution < 1.29 is 0 Å². The summed E-state index contributed by atoms with van der Waals surface area (Å²) in [6.45, 7) is 6.76. The third-order valence-corrected chi connectivity index (χ3v) is 5.10. The van der Waals surface area contributed by atoms with E-state index < -0.39 is 0 Å². The molecule has 0 aliphatic carbocycles. The monoisotopic (exact) mass is 322 g/mol. The third kappa shape index (κ3) is 4.68. The zero-order chi connectivity index (χ0) is 16.8. The number of rotatable bonds is 7. The van der Waals surface area contributed by atoms with Crippen LogP contribution in [0.15, 0.2) is 60.7 Å². The van der Waals surface area contributed by atoms with Crippen LogP contribution in [-0.4, -0.2) is 25.2 Å². The van der Waals surface area contributed by atoms with Crippen LogP contribution in [0, 0.1) is 11.8 Å². The summed E-state index contributed by atoms with van der Waals surface area (Å²) in [6.07, 6.45) is 2.28. The van der Waals surface area contributed by atoms with E-state index in [0.29, 0.717) is 23.9 Å². The molecule has 1 unspecified atom stereocenters. The van der Waals surface area contributed by atoms with Gasteiger partial charge in [-0.05, 0) is 48.9 Å². The molecule has 0 bridgehead atoms. The minimum Gasteiger partial charge on any atom is -0.316 e. The molecule has 0 aromatic heterocycles. The highest BCUT2D eigenvalue weighted by atomic mass is 15.0. The topological polar surface area (TPSA) is 24.1 Å². The summed E-state index contributed by atoms with van der Waals surface area (Å²) in [5.41, 5.74) is 2.89. The van der Waals surface area contributed by atoms with Crippen LogP contribution in [0.3, 0.4) is 0 Å². The van der Waals surface area contributed by atoms with Gasteiger partial charge in [0.1, 0.15) is 0 Å².